The molecule has 1 atom stereocenters. The Labute approximate surface area is 164 Å². The Kier molecular flexibility index (Phi) is 5.08. The Morgan fingerprint density at radius 1 is 1.14 bits per heavy atom. The molecule has 3 rings (SSSR count). The number of halogens is 3. The highest BCUT2D eigenvalue weighted by Gasteiger charge is 2.50. The second-order valence-corrected chi connectivity index (χ2v) is 6.89. The fourth-order valence-electron chi connectivity index (χ4n) is 3.09. The van der Waals surface area contributed by atoms with Gasteiger partial charge in [-0.2, -0.15) is 13.2 Å². The molecule has 0 aromatic heterocycles. The van der Waals surface area contributed by atoms with E-state index in [0.717, 1.165) is 23.8 Å². The van der Waals surface area contributed by atoms with Gasteiger partial charge in [0.25, 0.3) is 5.91 Å². The number of para-hydroxylation sites is 1. The van der Waals surface area contributed by atoms with Crippen molar-refractivity contribution in [3.63, 3.8) is 0 Å². The number of aryl methyl sites for hydroxylation is 1. The zero-order valence-corrected chi connectivity index (χ0v) is 15.6. The topological polar surface area (TPSA) is 78.5 Å². The molecule has 4 amide bonds. The van der Waals surface area contributed by atoms with E-state index in [-0.39, 0.29) is 5.56 Å². The van der Waals surface area contributed by atoms with Crippen LogP contribution < -0.4 is 10.6 Å². The number of urea groups is 1. The Morgan fingerprint density at radius 3 is 2.48 bits per heavy atom. The molecule has 6 nitrogen and oxygen atoms in total. The summed E-state index contributed by atoms with van der Waals surface area (Å²) in [6, 6.07) is 10.3. The van der Waals surface area contributed by atoms with Crippen molar-refractivity contribution in [2.45, 2.75) is 25.6 Å². The van der Waals surface area contributed by atoms with Crippen LogP contribution >= 0.6 is 0 Å². The first-order valence-corrected chi connectivity index (χ1v) is 8.70. The molecule has 2 N–H and O–H groups in total. The average molecular weight is 405 g/mol. The summed E-state index contributed by atoms with van der Waals surface area (Å²) in [5.41, 5.74) is -1.33. The quantitative estimate of drug-likeness (QED) is 0.766. The minimum absolute atomic E-state index is 0.0208. The number of carbonyl (C=O) groups is 3. The molecule has 1 aliphatic heterocycles. The molecule has 9 heteroatoms. The third-order valence-electron chi connectivity index (χ3n) is 4.76. The van der Waals surface area contributed by atoms with Crippen LogP contribution in [0, 0.1) is 6.92 Å². The molecule has 0 spiro atoms. The number of hydrogen-bond donors (Lipinski definition) is 2. The van der Waals surface area contributed by atoms with Crippen LogP contribution in [0.4, 0.5) is 23.7 Å². The van der Waals surface area contributed by atoms with Gasteiger partial charge in [-0.1, -0.05) is 30.3 Å². The summed E-state index contributed by atoms with van der Waals surface area (Å²) in [4.78, 5) is 38.1. The van der Waals surface area contributed by atoms with E-state index < -0.39 is 41.7 Å². The summed E-state index contributed by atoms with van der Waals surface area (Å²) in [7, 11) is 0. The highest BCUT2D eigenvalue weighted by atomic mass is 19.4. The number of carbonyl (C=O) groups excluding carboxylic acids is 3. The van der Waals surface area contributed by atoms with Gasteiger partial charge >= 0.3 is 12.2 Å². The van der Waals surface area contributed by atoms with Crippen LogP contribution in [0.15, 0.2) is 48.5 Å². The van der Waals surface area contributed by atoms with Gasteiger partial charge in [-0.05, 0) is 43.2 Å². The van der Waals surface area contributed by atoms with Crippen LogP contribution in [0.25, 0.3) is 0 Å². The number of imide groups is 1. The molecule has 1 heterocycles. The second kappa shape index (κ2) is 7.23. The number of amides is 4. The van der Waals surface area contributed by atoms with Crippen LogP contribution in [-0.4, -0.2) is 29.3 Å². The van der Waals surface area contributed by atoms with E-state index in [2.05, 4.69) is 10.6 Å². The number of rotatable bonds is 4. The minimum Gasteiger partial charge on any atom is -0.324 e. The van der Waals surface area contributed by atoms with Crippen molar-refractivity contribution in [3.8, 4) is 0 Å². The summed E-state index contributed by atoms with van der Waals surface area (Å²) in [6.45, 7) is 2.53. The summed E-state index contributed by atoms with van der Waals surface area (Å²) < 4.78 is 39.0. The van der Waals surface area contributed by atoms with E-state index in [9.17, 15) is 27.6 Å². The highest BCUT2D eigenvalue weighted by molar-refractivity contribution is 6.10. The van der Waals surface area contributed by atoms with Crippen molar-refractivity contribution in [3.05, 3.63) is 65.2 Å². The Hall–Kier alpha value is -3.36. The molecular weight excluding hydrogens is 387 g/mol. The zero-order valence-electron chi connectivity index (χ0n) is 15.6. The van der Waals surface area contributed by atoms with E-state index >= 15 is 0 Å². The summed E-state index contributed by atoms with van der Waals surface area (Å²) in [5.74, 6) is -1.40. The zero-order chi connectivity index (χ0) is 21.4. The molecule has 1 unspecified atom stereocenters. The van der Waals surface area contributed by atoms with Crippen molar-refractivity contribution in [1.82, 2.24) is 10.2 Å². The fraction of sp³-hybridized carbons (Fsp3) is 0.250. The SMILES string of the molecule is Cc1ccccc1NC(=O)CN1C(=O)NC(C)(c2cccc(C(F)(F)F)c2)C1=O. The van der Waals surface area contributed by atoms with Crippen molar-refractivity contribution >= 4 is 23.5 Å². The summed E-state index contributed by atoms with van der Waals surface area (Å²) in [6.07, 6.45) is -4.59. The maximum Gasteiger partial charge on any atom is 0.416 e. The number of anilines is 1. The third-order valence-corrected chi connectivity index (χ3v) is 4.76. The first-order chi connectivity index (χ1) is 13.5. The van der Waals surface area contributed by atoms with Crippen LogP contribution in [0.1, 0.15) is 23.6 Å². The van der Waals surface area contributed by atoms with E-state index in [1.807, 2.05) is 0 Å². The lowest BCUT2D eigenvalue weighted by Crippen LogP contribution is -2.42. The van der Waals surface area contributed by atoms with Gasteiger partial charge in [0.15, 0.2) is 0 Å². The maximum absolute atomic E-state index is 13.0. The molecule has 152 valence electrons. The predicted molar refractivity (Wildman–Crippen MR) is 98.8 cm³/mol. The first kappa shape index (κ1) is 20.4. The maximum atomic E-state index is 13.0. The average Bonchev–Trinajstić information content (AvgIpc) is 2.87. The molecule has 1 saturated heterocycles. The Bertz CT molecular complexity index is 990. The van der Waals surface area contributed by atoms with Crippen molar-refractivity contribution in [2.24, 2.45) is 0 Å². The molecule has 2 aromatic rings. The van der Waals surface area contributed by atoms with Gasteiger partial charge in [0, 0.05) is 5.69 Å². The first-order valence-electron chi connectivity index (χ1n) is 8.70. The van der Waals surface area contributed by atoms with Gasteiger partial charge in [0.05, 0.1) is 5.56 Å². The largest absolute Gasteiger partial charge is 0.416 e. The second-order valence-electron chi connectivity index (χ2n) is 6.89. The molecule has 2 aromatic carbocycles. The van der Waals surface area contributed by atoms with Gasteiger partial charge in [-0.25, -0.2) is 4.79 Å². The van der Waals surface area contributed by atoms with Crippen LogP contribution in [0.5, 0.6) is 0 Å². The number of alkyl halides is 3. The smallest absolute Gasteiger partial charge is 0.324 e. The molecule has 29 heavy (non-hydrogen) atoms. The lowest BCUT2D eigenvalue weighted by Gasteiger charge is -2.23. The van der Waals surface area contributed by atoms with E-state index in [1.165, 1.54) is 13.0 Å². The van der Waals surface area contributed by atoms with Crippen LogP contribution in [-0.2, 0) is 21.3 Å². The van der Waals surface area contributed by atoms with Gasteiger partial charge in [0.2, 0.25) is 5.91 Å². The highest BCUT2D eigenvalue weighted by Crippen LogP contribution is 2.34. The van der Waals surface area contributed by atoms with Crippen LogP contribution in [0.3, 0.4) is 0 Å². The Balaban J connectivity index is 1.80. The standard InChI is InChI=1S/C20H18F3N3O3/c1-12-6-3-4-9-15(12)24-16(27)11-26-17(28)19(2,25-18(26)29)13-7-5-8-14(10-13)20(21,22)23/h3-10H,11H2,1-2H3,(H,24,27)(H,25,29). The molecule has 0 radical (unpaired) electrons. The van der Waals surface area contributed by atoms with Crippen molar-refractivity contribution in [1.29, 1.82) is 0 Å². The lowest BCUT2D eigenvalue weighted by molar-refractivity contribution is -0.138. The fourth-order valence-corrected chi connectivity index (χ4v) is 3.09. The van der Waals surface area contributed by atoms with E-state index in [0.29, 0.717) is 10.6 Å². The van der Waals surface area contributed by atoms with Gasteiger partial charge in [-0.3, -0.25) is 14.5 Å². The molecule has 0 aliphatic carbocycles. The summed E-state index contributed by atoms with van der Waals surface area (Å²) in [5, 5.41) is 5.01. The molecule has 1 fully saturated rings. The lowest BCUT2D eigenvalue weighted by atomic mass is 9.90. The molecule has 1 aliphatic rings. The minimum atomic E-state index is -4.59. The molecular formula is C20H18F3N3O3. The number of nitrogens with zero attached hydrogens (tertiary/aromatic N) is 1. The van der Waals surface area contributed by atoms with Gasteiger partial charge in [-0.15, -0.1) is 0 Å². The monoisotopic (exact) mass is 405 g/mol. The van der Waals surface area contributed by atoms with E-state index in [1.54, 1.807) is 31.2 Å². The third kappa shape index (κ3) is 3.94. The normalized spacial score (nSPS) is 19.3. The molecule has 0 saturated carbocycles. The number of hydrogen-bond acceptors (Lipinski definition) is 3. The molecule has 0 bridgehead atoms. The number of benzene rings is 2. The summed E-state index contributed by atoms with van der Waals surface area (Å²) >= 11 is 0. The van der Waals surface area contributed by atoms with Gasteiger partial charge in [0.1, 0.15) is 12.1 Å². The van der Waals surface area contributed by atoms with Crippen molar-refractivity contribution in [2.75, 3.05) is 11.9 Å². The van der Waals surface area contributed by atoms with Crippen LogP contribution in [0.2, 0.25) is 0 Å². The number of nitrogens with one attached hydrogen (secondary N) is 2. The van der Waals surface area contributed by atoms with Crippen molar-refractivity contribution < 1.29 is 27.6 Å². The Morgan fingerprint density at radius 2 is 1.83 bits per heavy atom. The predicted octanol–water partition coefficient (Wildman–Crippen LogP) is 3.42. The van der Waals surface area contributed by atoms with E-state index in [4.69, 9.17) is 0 Å². The van der Waals surface area contributed by atoms with Gasteiger partial charge < -0.3 is 10.6 Å².